The summed E-state index contributed by atoms with van der Waals surface area (Å²) in [6.07, 6.45) is 5.50. The minimum atomic E-state index is 0.254. The molecule has 2 fully saturated rings. The molecule has 6 heteroatoms. The molecule has 0 aromatic heterocycles. The lowest BCUT2D eigenvalue weighted by atomic mass is 10.1. The van der Waals surface area contributed by atoms with E-state index in [0.29, 0.717) is 12.5 Å². The SMILES string of the molecule is CCNC(=NCc1ccccc1Cl)NC1CCN(C(=O)C2CCCC2)C1. The molecule has 1 aromatic rings. The fourth-order valence-corrected chi connectivity index (χ4v) is 4.01. The van der Waals surface area contributed by atoms with Gasteiger partial charge in [0.05, 0.1) is 6.54 Å². The van der Waals surface area contributed by atoms with Gasteiger partial charge < -0.3 is 15.5 Å². The summed E-state index contributed by atoms with van der Waals surface area (Å²) in [6, 6.07) is 8.03. The molecule has 5 nitrogen and oxygen atoms in total. The summed E-state index contributed by atoms with van der Waals surface area (Å²) in [7, 11) is 0. The molecule has 142 valence electrons. The molecular formula is C20H29ClN4O. The molecule has 26 heavy (non-hydrogen) atoms. The summed E-state index contributed by atoms with van der Waals surface area (Å²) >= 11 is 6.22. The second-order valence-electron chi connectivity index (χ2n) is 7.18. The van der Waals surface area contributed by atoms with E-state index in [-0.39, 0.29) is 12.0 Å². The predicted molar refractivity (Wildman–Crippen MR) is 106 cm³/mol. The van der Waals surface area contributed by atoms with Crippen LogP contribution in [0.3, 0.4) is 0 Å². The molecule has 0 spiro atoms. The van der Waals surface area contributed by atoms with Gasteiger partial charge in [0.2, 0.25) is 5.91 Å². The molecule has 0 bridgehead atoms. The smallest absolute Gasteiger partial charge is 0.225 e. The molecule has 1 aliphatic heterocycles. The van der Waals surface area contributed by atoms with Gasteiger partial charge in [-0.25, -0.2) is 4.99 Å². The van der Waals surface area contributed by atoms with Crippen LogP contribution in [0.5, 0.6) is 0 Å². The van der Waals surface area contributed by atoms with E-state index >= 15 is 0 Å². The first-order valence-electron chi connectivity index (χ1n) is 9.74. The predicted octanol–water partition coefficient (Wildman–Crippen LogP) is 3.19. The van der Waals surface area contributed by atoms with Crippen molar-refractivity contribution in [2.24, 2.45) is 10.9 Å². The van der Waals surface area contributed by atoms with Gasteiger partial charge >= 0.3 is 0 Å². The molecule has 1 aromatic carbocycles. The number of hydrogen-bond donors (Lipinski definition) is 2. The number of hydrogen-bond acceptors (Lipinski definition) is 2. The normalized spacial score (nSPS) is 21.2. The van der Waals surface area contributed by atoms with Gasteiger partial charge in [-0.05, 0) is 37.8 Å². The van der Waals surface area contributed by atoms with Crippen molar-refractivity contribution in [2.45, 2.75) is 51.6 Å². The Hall–Kier alpha value is -1.75. The van der Waals surface area contributed by atoms with Crippen LogP contribution < -0.4 is 10.6 Å². The van der Waals surface area contributed by atoms with Gasteiger partial charge in [0.25, 0.3) is 0 Å². The van der Waals surface area contributed by atoms with E-state index in [2.05, 4.69) is 22.5 Å². The number of nitrogens with zero attached hydrogens (tertiary/aromatic N) is 2. The molecule has 3 rings (SSSR count). The van der Waals surface area contributed by atoms with Crippen molar-refractivity contribution in [1.29, 1.82) is 0 Å². The molecule has 1 saturated heterocycles. The maximum Gasteiger partial charge on any atom is 0.225 e. The monoisotopic (exact) mass is 376 g/mol. The Balaban J connectivity index is 1.55. The molecule has 1 heterocycles. The maximum absolute atomic E-state index is 12.6. The van der Waals surface area contributed by atoms with Crippen molar-refractivity contribution in [3.63, 3.8) is 0 Å². The van der Waals surface area contributed by atoms with Gasteiger partial charge in [0, 0.05) is 36.6 Å². The fourth-order valence-electron chi connectivity index (χ4n) is 3.81. The van der Waals surface area contributed by atoms with E-state index < -0.39 is 0 Å². The van der Waals surface area contributed by atoms with Crippen LogP contribution in [0.1, 0.15) is 44.6 Å². The summed E-state index contributed by atoms with van der Waals surface area (Å²) < 4.78 is 0. The Morgan fingerprint density at radius 2 is 2.04 bits per heavy atom. The molecule has 0 radical (unpaired) electrons. The molecule has 1 atom stereocenters. The second kappa shape index (κ2) is 9.26. The van der Waals surface area contributed by atoms with Crippen molar-refractivity contribution >= 4 is 23.5 Å². The Morgan fingerprint density at radius 1 is 1.27 bits per heavy atom. The number of carbonyl (C=O) groups is 1. The van der Waals surface area contributed by atoms with Crippen molar-refractivity contribution in [3.05, 3.63) is 34.9 Å². The second-order valence-corrected chi connectivity index (χ2v) is 7.59. The molecule has 1 unspecified atom stereocenters. The number of guanidine groups is 1. The highest BCUT2D eigenvalue weighted by atomic mass is 35.5. The van der Waals surface area contributed by atoms with Gasteiger partial charge in [-0.1, -0.05) is 42.6 Å². The van der Waals surface area contributed by atoms with E-state index in [1.165, 1.54) is 12.8 Å². The first kappa shape index (κ1) is 19.0. The van der Waals surface area contributed by atoms with Crippen LogP contribution in [0.4, 0.5) is 0 Å². The molecule has 2 N–H and O–H groups in total. The lowest BCUT2D eigenvalue weighted by Crippen LogP contribution is -2.45. The number of rotatable bonds is 5. The van der Waals surface area contributed by atoms with Crippen LogP contribution in [0, 0.1) is 5.92 Å². The number of aliphatic imine (C=N–C) groups is 1. The van der Waals surface area contributed by atoms with Crippen molar-refractivity contribution < 1.29 is 4.79 Å². The highest BCUT2D eigenvalue weighted by Crippen LogP contribution is 2.27. The third-order valence-corrected chi connectivity index (χ3v) is 5.62. The third-order valence-electron chi connectivity index (χ3n) is 5.25. The van der Waals surface area contributed by atoms with Gasteiger partial charge in [-0.2, -0.15) is 0 Å². The van der Waals surface area contributed by atoms with Gasteiger partial charge in [-0.3, -0.25) is 4.79 Å². The average Bonchev–Trinajstić information content (AvgIpc) is 3.32. The van der Waals surface area contributed by atoms with Gasteiger partial charge in [0.1, 0.15) is 0 Å². The Labute approximate surface area is 161 Å². The van der Waals surface area contributed by atoms with Crippen molar-refractivity contribution in [2.75, 3.05) is 19.6 Å². The summed E-state index contributed by atoms with van der Waals surface area (Å²) in [5.74, 6) is 1.40. The topological polar surface area (TPSA) is 56.7 Å². The van der Waals surface area contributed by atoms with E-state index in [9.17, 15) is 4.79 Å². The summed E-state index contributed by atoms with van der Waals surface area (Å²) in [5.41, 5.74) is 1.01. The zero-order chi connectivity index (χ0) is 18.4. The molecular weight excluding hydrogens is 348 g/mol. The fraction of sp³-hybridized carbons (Fsp3) is 0.600. The average molecular weight is 377 g/mol. The highest BCUT2D eigenvalue weighted by Gasteiger charge is 2.32. The minimum absolute atomic E-state index is 0.254. The van der Waals surface area contributed by atoms with E-state index in [4.69, 9.17) is 11.6 Å². The highest BCUT2D eigenvalue weighted by molar-refractivity contribution is 6.31. The van der Waals surface area contributed by atoms with Gasteiger partial charge in [0.15, 0.2) is 5.96 Å². The molecule has 1 aliphatic carbocycles. The van der Waals surface area contributed by atoms with Crippen LogP contribution in [-0.2, 0) is 11.3 Å². The summed E-state index contributed by atoms with van der Waals surface area (Å²) in [6.45, 7) is 5.00. The van der Waals surface area contributed by atoms with Crippen molar-refractivity contribution in [3.8, 4) is 0 Å². The first-order valence-corrected chi connectivity index (χ1v) is 10.1. The van der Waals surface area contributed by atoms with E-state index in [1.54, 1.807) is 0 Å². The zero-order valence-corrected chi connectivity index (χ0v) is 16.3. The summed E-state index contributed by atoms with van der Waals surface area (Å²) in [5, 5.41) is 7.51. The Kier molecular flexibility index (Phi) is 6.78. The Morgan fingerprint density at radius 3 is 2.77 bits per heavy atom. The standard InChI is InChI=1S/C20H29ClN4O/c1-2-22-20(23-13-16-9-5-6-10-18(16)21)24-17-11-12-25(14-17)19(26)15-7-3-4-8-15/h5-6,9-10,15,17H,2-4,7-8,11-14H2,1H3,(H2,22,23,24). The van der Waals surface area contributed by atoms with Crippen molar-refractivity contribution in [1.82, 2.24) is 15.5 Å². The van der Waals surface area contributed by atoms with E-state index in [1.807, 2.05) is 29.2 Å². The number of nitrogens with one attached hydrogen (secondary N) is 2. The van der Waals surface area contributed by atoms with E-state index in [0.717, 1.165) is 55.4 Å². The van der Waals surface area contributed by atoms with Gasteiger partial charge in [-0.15, -0.1) is 0 Å². The number of carbonyl (C=O) groups excluding carboxylic acids is 1. The third kappa shape index (κ3) is 4.91. The van der Waals surface area contributed by atoms with Crippen LogP contribution in [-0.4, -0.2) is 42.4 Å². The first-order chi connectivity index (χ1) is 12.7. The largest absolute Gasteiger partial charge is 0.357 e. The maximum atomic E-state index is 12.6. The zero-order valence-electron chi connectivity index (χ0n) is 15.5. The quantitative estimate of drug-likeness (QED) is 0.613. The summed E-state index contributed by atoms with van der Waals surface area (Å²) in [4.78, 5) is 19.3. The van der Waals surface area contributed by atoms with Crippen LogP contribution in [0.15, 0.2) is 29.3 Å². The number of amides is 1. The lowest BCUT2D eigenvalue weighted by Gasteiger charge is -2.21. The van der Waals surface area contributed by atoms with Crippen LogP contribution >= 0.6 is 11.6 Å². The molecule has 1 saturated carbocycles. The molecule has 2 aliphatic rings. The Bertz CT molecular complexity index is 642. The number of likely N-dealkylation sites (tertiary alicyclic amines) is 1. The minimum Gasteiger partial charge on any atom is -0.357 e. The van der Waals surface area contributed by atoms with Crippen LogP contribution in [0.2, 0.25) is 5.02 Å². The van der Waals surface area contributed by atoms with Crippen LogP contribution in [0.25, 0.3) is 0 Å². The molecule has 1 amide bonds. The number of halogens is 1. The lowest BCUT2D eigenvalue weighted by molar-refractivity contribution is -0.134. The number of benzene rings is 1.